The Morgan fingerprint density at radius 2 is 1.40 bits per heavy atom. The number of aromatic nitrogens is 3. The van der Waals surface area contributed by atoms with Crippen LogP contribution >= 0.6 is 11.3 Å². The van der Waals surface area contributed by atoms with Crippen molar-refractivity contribution in [3.8, 4) is 5.69 Å². The van der Waals surface area contributed by atoms with E-state index in [2.05, 4.69) is 100.0 Å². The predicted octanol–water partition coefficient (Wildman–Crippen LogP) is 7.11. The van der Waals surface area contributed by atoms with Crippen LogP contribution in [0.25, 0.3) is 54.0 Å². The first kappa shape index (κ1) is 16.2. The fraction of sp³-hybridized carbons (Fsp3) is 0.0385. The van der Waals surface area contributed by atoms with E-state index in [-0.39, 0.29) is 0 Å². The van der Waals surface area contributed by atoms with E-state index in [0.717, 1.165) is 5.52 Å². The number of aryl methyl sites for hydroxylation is 1. The molecule has 142 valence electrons. The number of thiophene rings is 1. The van der Waals surface area contributed by atoms with Crippen LogP contribution < -0.4 is 0 Å². The van der Waals surface area contributed by atoms with E-state index >= 15 is 0 Å². The monoisotopic (exact) mass is 403 g/mol. The minimum absolute atomic E-state index is 1.14. The van der Waals surface area contributed by atoms with Crippen molar-refractivity contribution < 1.29 is 0 Å². The molecular weight excluding hydrogens is 386 g/mol. The van der Waals surface area contributed by atoms with Gasteiger partial charge in [0.1, 0.15) is 0 Å². The average molecular weight is 404 g/mol. The SMILES string of the molecule is Cc1cc2c3cc(-n4c5ccccc5c5ccccc54)ccc3n3nccc3c2s1. The molecule has 0 atom stereocenters. The van der Waals surface area contributed by atoms with Crippen LogP contribution in [-0.2, 0) is 0 Å². The lowest BCUT2D eigenvalue weighted by atomic mass is 10.1. The molecule has 0 aliphatic rings. The Kier molecular flexibility index (Phi) is 3.08. The summed E-state index contributed by atoms with van der Waals surface area (Å²) in [5, 5.41) is 9.73. The molecule has 7 rings (SSSR count). The first-order valence-corrected chi connectivity index (χ1v) is 10.9. The van der Waals surface area contributed by atoms with E-state index in [1.165, 1.54) is 53.4 Å². The largest absolute Gasteiger partial charge is 0.309 e. The summed E-state index contributed by atoms with van der Waals surface area (Å²) in [4.78, 5) is 1.32. The van der Waals surface area contributed by atoms with Crippen LogP contribution in [0, 0.1) is 6.92 Å². The van der Waals surface area contributed by atoms with Gasteiger partial charge in [-0.05, 0) is 49.4 Å². The van der Waals surface area contributed by atoms with Crippen LogP contribution in [0.2, 0.25) is 0 Å². The highest BCUT2D eigenvalue weighted by atomic mass is 32.1. The van der Waals surface area contributed by atoms with Crippen molar-refractivity contribution in [3.63, 3.8) is 0 Å². The van der Waals surface area contributed by atoms with Gasteiger partial charge >= 0.3 is 0 Å². The molecule has 0 radical (unpaired) electrons. The lowest BCUT2D eigenvalue weighted by Gasteiger charge is -2.11. The summed E-state index contributed by atoms with van der Waals surface area (Å²) in [6.45, 7) is 2.18. The number of hydrogen-bond donors (Lipinski definition) is 0. The van der Waals surface area contributed by atoms with E-state index in [1.54, 1.807) is 0 Å². The van der Waals surface area contributed by atoms with E-state index in [4.69, 9.17) is 0 Å². The van der Waals surface area contributed by atoms with Crippen molar-refractivity contribution in [1.29, 1.82) is 0 Å². The summed E-state index contributed by atoms with van der Waals surface area (Å²) < 4.78 is 5.75. The van der Waals surface area contributed by atoms with Gasteiger partial charge < -0.3 is 4.57 Å². The van der Waals surface area contributed by atoms with Gasteiger partial charge in [0, 0.05) is 32.1 Å². The van der Waals surface area contributed by atoms with Gasteiger partial charge in [-0.1, -0.05) is 36.4 Å². The molecule has 0 saturated carbocycles. The molecule has 0 amide bonds. The lowest BCUT2D eigenvalue weighted by Crippen LogP contribution is -1.96. The summed E-state index contributed by atoms with van der Waals surface area (Å²) in [5.41, 5.74) is 5.97. The highest BCUT2D eigenvalue weighted by molar-refractivity contribution is 7.20. The smallest absolute Gasteiger partial charge is 0.0847 e. The number of para-hydroxylation sites is 2. The quantitative estimate of drug-likeness (QED) is 0.286. The van der Waals surface area contributed by atoms with Gasteiger partial charge in [0.2, 0.25) is 0 Å². The highest BCUT2D eigenvalue weighted by Crippen LogP contribution is 2.37. The molecule has 4 heterocycles. The molecular formula is C26H17N3S. The third-order valence-corrected chi connectivity index (χ3v) is 7.14. The van der Waals surface area contributed by atoms with Crippen molar-refractivity contribution in [3.05, 3.63) is 89.9 Å². The molecule has 4 heteroatoms. The zero-order valence-electron chi connectivity index (χ0n) is 16.3. The molecule has 7 aromatic rings. The molecule has 30 heavy (non-hydrogen) atoms. The standard InChI is InChI=1S/C26H17N3S/c1-16-14-21-20-15-17(10-11-24(20)29-25(12-13-27-29)26(21)30-16)28-22-8-4-2-6-18(22)19-7-3-5-9-23(19)28/h2-15H,1H3. The predicted molar refractivity (Wildman–Crippen MR) is 127 cm³/mol. The van der Waals surface area contributed by atoms with E-state index in [0.29, 0.717) is 0 Å². The third kappa shape index (κ3) is 2.01. The normalized spacial score (nSPS) is 12.2. The second-order valence-corrected chi connectivity index (χ2v) is 9.06. The number of benzene rings is 3. The lowest BCUT2D eigenvalue weighted by molar-refractivity contribution is 1.01. The molecule has 0 spiro atoms. The van der Waals surface area contributed by atoms with Gasteiger partial charge in [-0.25, -0.2) is 4.52 Å². The van der Waals surface area contributed by atoms with Crippen LogP contribution in [0.4, 0.5) is 0 Å². The molecule has 0 aliphatic carbocycles. The van der Waals surface area contributed by atoms with E-state index in [1.807, 2.05) is 17.5 Å². The van der Waals surface area contributed by atoms with Crippen LogP contribution in [0.3, 0.4) is 0 Å². The first-order chi connectivity index (χ1) is 14.8. The summed E-state index contributed by atoms with van der Waals surface area (Å²) in [5.74, 6) is 0. The second kappa shape index (κ2) is 5.71. The number of fused-ring (bicyclic) bond motifs is 9. The zero-order valence-corrected chi connectivity index (χ0v) is 17.1. The second-order valence-electron chi connectivity index (χ2n) is 7.80. The van der Waals surface area contributed by atoms with Gasteiger partial charge in [0.15, 0.2) is 0 Å². The van der Waals surface area contributed by atoms with E-state index < -0.39 is 0 Å². The fourth-order valence-corrected chi connectivity index (χ4v) is 5.87. The maximum Gasteiger partial charge on any atom is 0.0847 e. The molecule has 3 nitrogen and oxygen atoms in total. The van der Waals surface area contributed by atoms with Crippen LogP contribution in [0.5, 0.6) is 0 Å². The van der Waals surface area contributed by atoms with Gasteiger partial charge in [0.05, 0.1) is 33.0 Å². The van der Waals surface area contributed by atoms with Gasteiger partial charge in [-0.15, -0.1) is 11.3 Å². The summed E-state index contributed by atoms with van der Waals surface area (Å²) >= 11 is 1.84. The van der Waals surface area contributed by atoms with Gasteiger partial charge in [0.25, 0.3) is 0 Å². The Bertz CT molecular complexity index is 1710. The molecule has 3 aromatic carbocycles. The molecule has 0 bridgehead atoms. The van der Waals surface area contributed by atoms with Gasteiger partial charge in [-0.2, -0.15) is 5.10 Å². The van der Waals surface area contributed by atoms with E-state index in [9.17, 15) is 0 Å². The summed E-state index contributed by atoms with van der Waals surface area (Å²) in [6, 6.07) is 28.5. The maximum atomic E-state index is 4.62. The number of nitrogens with zero attached hydrogens (tertiary/aromatic N) is 3. The van der Waals surface area contributed by atoms with Crippen molar-refractivity contribution in [1.82, 2.24) is 14.2 Å². The molecule has 4 aromatic heterocycles. The minimum atomic E-state index is 1.14. The highest BCUT2D eigenvalue weighted by Gasteiger charge is 2.15. The summed E-state index contributed by atoms with van der Waals surface area (Å²) in [7, 11) is 0. The molecule has 0 unspecified atom stereocenters. The van der Waals surface area contributed by atoms with Crippen molar-refractivity contribution in [2.75, 3.05) is 0 Å². The third-order valence-electron chi connectivity index (χ3n) is 6.07. The van der Waals surface area contributed by atoms with Crippen molar-refractivity contribution in [2.24, 2.45) is 0 Å². The van der Waals surface area contributed by atoms with Crippen molar-refractivity contribution in [2.45, 2.75) is 6.92 Å². The Hall–Kier alpha value is -3.63. The molecule has 0 fully saturated rings. The number of pyridine rings is 1. The Morgan fingerprint density at radius 1 is 0.667 bits per heavy atom. The zero-order chi connectivity index (χ0) is 19.8. The molecule has 0 aliphatic heterocycles. The number of rotatable bonds is 1. The average Bonchev–Trinajstić information content (AvgIpc) is 3.48. The first-order valence-electron chi connectivity index (χ1n) is 10.1. The Labute approximate surface area is 176 Å². The van der Waals surface area contributed by atoms with Gasteiger partial charge in [-0.3, -0.25) is 0 Å². The van der Waals surface area contributed by atoms with Crippen molar-refractivity contribution >= 4 is 59.6 Å². The topological polar surface area (TPSA) is 22.2 Å². The summed E-state index contributed by atoms with van der Waals surface area (Å²) in [6.07, 6.45) is 1.89. The molecule has 0 N–H and O–H groups in total. The Balaban J connectivity index is 1.66. The van der Waals surface area contributed by atoms with Crippen LogP contribution in [0.1, 0.15) is 4.88 Å². The minimum Gasteiger partial charge on any atom is -0.309 e. The molecule has 0 saturated heterocycles. The van der Waals surface area contributed by atoms with Crippen LogP contribution in [0.15, 0.2) is 85.1 Å². The Morgan fingerprint density at radius 3 is 2.17 bits per heavy atom. The number of hydrogen-bond acceptors (Lipinski definition) is 2. The maximum absolute atomic E-state index is 4.62. The fourth-order valence-electron chi connectivity index (χ4n) is 4.84. The van der Waals surface area contributed by atoms with Crippen LogP contribution in [-0.4, -0.2) is 14.2 Å².